The lowest BCUT2D eigenvalue weighted by Gasteiger charge is -2.24. The lowest BCUT2D eigenvalue weighted by atomic mass is 10.2. The number of nitrogens with one attached hydrogen (secondary N) is 1. The second-order valence-corrected chi connectivity index (χ2v) is 5.70. The van der Waals surface area contributed by atoms with Crippen LogP contribution in [-0.4, -0.2) is 30.4 Å². The zero-order valence-corrected chi connectivity index (χ0v) is 11.9. The van der Waals surface area contributed by atoms with Gasteiger partial charge in [0.15, 0.2) is 0 Å². The third kappa shape index (κ3) is 3.70. The van der Waals surface area contributed by atoms with Crippen molar-refractivity contribution in [3.8, 4) is 0 Å². The van der Waals surface area contributed by atoms with Gasteiger partial charge in [0.05, 0.1) is 6.04 Å². The number of nitrogens with two attached hydrogens (primary N) is 1. The molecule has 0 saturated heterocycles. The maximum absolute atomic E-state index is 12.2. The average molecular weight is 261 g/mol. The second-order valence-electron chi connectivity index (χ2n) is 5.70. The number of benzene rings is 1. The van der Waals surface area contributed by atoms with E-state index < -0.39 is 0 Å². The minimum absolute atomic E-state index is 0.0152. The standard InChI is InChI=1S/C15H23N3O/c1-10-7-12(10)9-18(3)11(2)15(19)17-14-6-4-5-13(16)8-14/h4-6,8,10-12H,7,9,16H2,1-3H3,(H,17,19). The van der Waals surface area contributed by atoms with Gasteiger partial charge in [-0.1, -0.05) is 13.0 Å². The van der Waals surface area contributed by atoms with Crippen LogP contribution in [-0.2, 0) is 4.79 Å². The van der Waals surface area contributed by atoms with Crippen molar-refractivity contribution < 1.29 is 4.79 Å². The summed E-state index contributed by atoms with van der Waals surface area (Å²) in [5.41, 5.74) is 7.11. The van der Waals surface area contributed by atoms with E-state index in [1.54, 1.807) is 12.1 Å². The smallest absolute Gasteiger partial charge is 0.241 e. The fourth-order valence-corrected chi connectivity index (χ4v) is 2.24. The summed E-state index contributed by atoms with van der Waals surface area (Å²) in [6.45, 7) is 5.19. The number of hydrogen-bond donors (Lipinski definition) is 2. The predicted octanol–water partition coefficient (Wildman–Crippen LogP) is 2.18. The van der Waals surface area contributed by atoms with Crippen molar-refractivity contribution in [2.45, 2.75) is 26.3 Å². The summed E-state index contributed by atoms with van der Waals surface area (Å²) < 4.78 is 0. The first-order chi connectivity index (χ1) is 8.97. The van der Waals surface area contributed by atoms with Gasteiger partial charge in [-0.05, 0) is 50.4 Å². The first-order valence-electron chi connectivity index (χ1n) is 6.84. The quantitative estimate of drug-likeness (QED) is 0.799. The number of hydrogen-bond acceptors (Lipinski definition) is 3. The lowest BCUT2D eigenvalue weighted by Crippen LogP contribution is -2.40. The molecule has 0 radical (unpaired) electrons. The van der Waals surface area contributed by atoms with Crippen molar-refractivity contribution in [1.29, 1.82) is 0 Å². The average Bonchev–Trinajstić information content (AvgIpc) is 3.03. The molecule has 1 aliphatic rings. The molecule has 1 aliphatic carbocycles. The van der Waals surface area contributed by atoms with Crippen molar-refractivity contribution in [3.05, 3.63) is 24.3 Å². The molecule has 0 aliphatic heterocycles. The van der Waals surface area contributed by atoms with E-state index in [-0.39, 0.29) is 11.9 Å². The number of carbonyl (C=O) groups is 1. The molecule has 0 spiro atoms. The number of likely N-dealkylation sites (N-methyl/N-ethyl adjacent to an activating group) is 1. The number of anilines is 2. The highest BCUT2D eigenvalue weighted by atomic mass is 16.2. The van der Waals surface area contributed by atoms with Gasteiger partial charge in [0.1, 0.15) is 0 Å². The van der Waals surface area contributed by atoms with Crippen molar-refractivity contribution in [1.82, 2.24) is 4.90 Å². The SMILES string of the molecule is CC1CC1CN(C)C(C)C(=O)Nc1cccc(N)c1. The van der Waals surface area contributed by atoms with E-state index in [4.69, 9.17) is 5.73 Å². The largest absolute Gasteiger partial charge is 0.399 e. The first kappa shape index (κ1) is 13.9. The van der Waals surface area contributed by atoms with Gasteiger partial charge < -0.3 is 11.1 Å². The Hall–Kier alpha value is -1.55. The minimum atomic E-state index is -0.130. The monoisotopic (exact) mass is 261 g/mol. The Labute approximate surface area is 115 Å². The molecule has 1 aromatic rings. The number of rotatable bonds is 5. The normalized spacial score (nSPS) is 23.2. The molecule has 1 fully saturated rings. The van der Waals surface area contributed by atoms with Crippen molar-refractivity contribution >= 4 is 17.3 Å². The Kier molecular flexibility index (Phi) is 4.10. The van der Waals surface area contributed by atoms with E-state index in [0.29, 0.717) is 5.69 Å². The third-order valence-corrected chi connectivity index (χ3v) is 3.99. The Morgan fingerprint density at radius 2 is 2.26 bits per heavy atom. The Balaban J connectivity index is 1.88. The molecule has 0 aromatic heterocycles. The Morgan fingerprint density at radius 1 is 1.58 bits per heavy atom. The fraction of sp³-hybridized carbons (Fsp3) is 0.533. The zero-order chi connectivity index (χ0) is 14.0. The van der Waals surface area contributed by atoms with Crippen molar-refractivity contribution in [2.75, 3.05) is 24.6 Å². The van der Waals surface area contributed by atoms with Crippen LogP contribution < -0.4 is 11.1 Å². The van der Waals surface area contributed by atoms with Crippen LogP contribution in [0.1, 0.15) is 20.3 Å². The molecule has 0 heterocycles. The molecule has 1 saturated carbocycles. The van der Waals surface area contributed by atoms with E-state index in [1.165, 1.54) is 6.42 Å². The van der Waals surface area contributed by atoms with Gasteiger partial charge in [-0.3, -0.25) is 9.69 Å². The number of amides is 1. The molecule has 4 nitrogen and oxygen atoms in total. The van der Waals surface area contributed by atoms with Gasteiger partial charge in [0.2, 0.25) is 5.91 Å². The number of carbonyl (C=O) groups excluding carboxylic acids is 1. The van der Waals surface area contributed by atoms with Gasteiger partial charge in [0.25, 0.3) is 0 Å². The van der Waals surface area contributed by atoms with Gasteiger partial charge in [-0.2, -0.15) is 0 Å². The van der Waals surface area contributed by atoms with E-state index in [2.05, 4.69) is 17.1 Å². The van der Waals surface area contributed by atoms with E-state index in [0.717, 1.165) is 24.1 Å². The summed E-state index contributed by atoms with van der Waals surface area (Å²) in [6, 6.07) is 7.14. The molecule has 19 heavy (non-hydrogen) atoms. The highest BCUT2D eigenvalue weighted by Gasteiger charge is 2.34. The van der Waals surface area contributed by atoms with E-state index in [1.807, 2.05) is 26.1 Å². The van der Waals surface area contributed by atoms with Gasteiger partial charge in [0, 0.05) is 17.9 Å². The molecule has 104 valence electrons. The first-order valence-corrected chi connectivity index (χ1v) is 6.84. The molecule has 3 N–H and O–H groups in total. The molecule has 1 aromatic carbocycles. The third-order valence-electron chi connectivity index (χ3n) is 3.99. The minimum Gasteiger partial charge on any atom is -0.399 e. The topological polar surface area (TPSA) is 58.4 Å². The summed E-state index contributed by atoms with van der Waals surface area (Å²) in [7, 11) is 2.01. The number of nitrogen functional groups attached to an aromatic ring is 1. The zero-order valence-electron chi connectivity index (χ0n) is 11.9. The van der Waals surface area contributed by atoms with E-state index in [9.17, 15) is 4.79 Å². The predicted molar refractivity (Wildman–Crippen MR) is 78.8 cm³/mol. The van der Waals surface area contributed by atoms with Crippen LogP contribution in [0.2, 0.25) is 0 Å². The maximum Gasteiger partial charge on any atom is 0.241 e. The molecule has 3 atom stereocenters. The lowest BCUT2D eigenvalue weighted by molar-refractivity contribution is -0.120. The Morgan fingerprint density at radius 3 is 2.84 bits per heavy atom. The second kappa shape index (κ2) is 5.61. The summed E-state index contributed by atoms with van der Waals surface area (Å²) in [6.07, 6.45) is 1.29. The number of nitrogens with zero attached hydrogens (tertiary/aromatic N) is 1. The summed E-state index contributed by atoms with van der Waals surface area (Å²) in [4.78, 5) is 14.3. The van der Waals surface area contributed by atoms with Crippen LogP contribution in [0.25, 0.3) is 0 Å². The molecule has 4 heteroatoms. The molecular formula is C15H23N3O. The fourth-order valence-electron chi connectivity index (χ4n) is 2.24. The van der Waals surface area contributed by atoms with Crippen LogP contribution in [0.3, 0.4) is 0 Å². The van der Waals surface area contributed by atoms with Gasteiger partial charge in [-0.15, -0.1) is 0 Å². The molecule has 2 rings (SSSR count). The highest BCUT2D eigenvalue weighted by molar-refractivity contribution is 5.94. The van der Waals surface area contributed by atoms with Crippen LogP contribution in [0.4, 0.5) is 11.4 Å². The molecule has 0 bridgehead atoms. The highest BCUT2D eigenvalue weighted by Crippen LogP contribution is 2.38. The van der Waals surface area contributed by atoms with Crippen molar-refractivity contribution in [3.63, 3.8) is 0 Å². The van der Waals surface area contributed by atoms with Gasteiger partial charge >= 0.3 is 0 Å². The molecule has 1 amide bonds. The summed E-state index contributed by atoms with van der Waals surface area (Å²) in [5, 5.41) is 2.91. The van der Waals surface area contributed by atoms with Crippen molar-refractivity contribution in [2.24, 2.45) is 11.8 Å². The molecular weight excluding hydrogens is 238 g/mol. The summed E-state index contributed by atoms with van der Waals surface area (Å²) >= 11 is 0. The Bertz CT molecular complexity index is 460. The maximum atomic E-state index is 12.2. The molecule has 3 unspecified atom stereocenters. The van der Waals surface area contributed by atoms with Crippen LogP contribution >= 0.6 is 0 Å². The van der Waals surface area contributed by atoms with Crippen LogP contribution in [0.5, 0.6) is 0 Å². The summed E-state index contributed by atoms with van der Waals surface area (Å²) in [5.74, 6) is 1.58. The van der Waals surface area contributed by atoms with Crippen LogP contribution in [0, 0.1) is 11.8 Å². The van der Waals surface area contributed by atoms with E-state index >= 15 is 0 Å². The van der Waals surface area contributed by atoms with Gasteiger partial charge in [-0.25, -0.2) is 0 Å². The van der Waals surface area contributed by atoms with Crippen LogP contribution in [0.15, 0.2) is 24.3 Å².